The second-order valence-electron chi connectivity index (χ2n) is 4.57. The molecule has 20 heavy (non-hydrogen) atoms. The topological polar surface area (TPSA) is 101 Å². The Morgan fingerprint density at radius 3 is 2.35 bits per heavy atom. The summed E-state index contributed by atoms with van der Waals surface area (Å²) in [5, 5.41) is 2.55. The fraction of sp³-hybridized carbons (Fsp3) is 0.417. The maximum absolute atomic E-state index is 11.9. The lowest BCUT2D eigenvalue weighted by Crippen LogP contribution is -2.26. The number of benzene rings is 1. The molecule has 2 rings (SSSR count). The third kappa shape index (κ3) is 4.75. The number of rotatable bonds is 6. The lowest BCUT2D eigenvalue weighted by molar-refractivity contribution is -0.114. The van der Waals surface area contributed by atoms with Crippen molar-refractivity contribution in [2.45, 2.75) is 17.7 Å². The van der Waals surface area contributed by atoms with Crippen LogP contribution in [0, 0.1) is 5.92 Å². The Balaban J connectivity index is 0.00000200. The highest BCUT2D eigenvalue weighted by molar-refractivity contribution is 7.89. The van der Waals surface area contributed by atoms with E-state index in [1.165, 1.54) is 12.1 Å². The van der Waals surface area contributed by atoms with Crippen LogP contribution in [0.1, 0.15) is 12.8 Å². The van der Waals surface area contributed by atoms with Gasteiger partial charge in [0.1, 0.15) is 0 Å². The number of carbonyl (C=O) groups is 1. The van der Waals surface area contributed by atoms with Crippen LogP contribution in [0.2, 0.25) is 0 Å². The minimum Gasteiger partial charge on any atom is -0.325 e. The third-order valence-electron chi connectivity index (χ3n) is 2.89. The van der Waals surface area contributed by atoms with Gasteiger partial charge in [0.05, 0.1) is 11.4 Å². The minimum absolute atomic E-state index is 0. The van der Waals surface area contributed by atoms with Crippen molar-refractivity contribution < 1.29 is 13.2 Å². The van der Waals surface area contributed by atoms with Gasteiger partial charge in [-0.1, -0.05) is 0 Å². The molecular weight excluding hydrogens is 302 g/mol. The molecule has 112 valence electrons. The maximum Gasteiger partial charge on any atom is 0.240 e. The van der Waals surface area contributed by atoms with Crippen molar-refractivity contribution in [3.63, 3.8) is 0 Å². The number of hydrogen-bond acceptors (Lipinski definition) is 4. The molecule has 4 N–H and O–H groups in total. The molecule has 1 aliphatic carbocycles. The first kappa shape index (κ1) is 16.9. The highest BCUT2D eigenvalue weighted by Crippen LogP contribution is 2.28. The van der Waals surface area contributed by atoms with E-state index in [0.717, 1.165) is 12.8 Å². The first-order valence-electron chi connectivity index (χ1n) is 6.11. The summed E-state index contributed by atoms with van der Waals surface area (Å²) in [6, 6.07) is 6.00. The molecule has 1 fully saturated rings. The Hall–Kier alpha value is -1.15. The minimum atomic E-state index is -3.45. The quantitative estimate of drug-likeness (QED) is 0.718. The standard InChI is InChI=1S/C12H17N3O3S.ClH/c13-7-12(16)15-10-3-5-11(6-4-10)19(17,18)14-8-9-1-2-9;/h3-6,9,14H,1-2,7-8,13H2,(H,15,16);1H. The number of halogens is 1. The SMILES string of the molecule is Cl.NCC(=O)Nc1ccc(S(=O)(=O)NCC2CC2)cc1. The molecule has 1 aliphatic rings. The Kier molecular flexibility index (Phi) is 5.94. The van der Waals surface area contributed by atoms with E-state index in [-0.39, 0.29) is 29.8 Å². The van der Waals surface area contributed by atoms with Gasteiger partial charge < -0.3 is 11.1 Å². The van der Waals surface area contributed by atoms with Gasteiger partial charge in [0, 0.05) is 12.2 Å². The fourth-order valence-corrected chi connectivity index (χ4v) is 2.68. The average Bonchev–Trinajstić information content (AvgIpc) is 3.21. The van der Waals surface area contributed by atoms with E-state index >= 15 is 0 Å². The van der Waals surface area contributed by atoms with Crippen LogP contribution in [0.25, 0.3) is 0 Å². The van der Waals surface area contributed by atoms with E-state index in [9.17, 15) is 13.2 Å². The van der Waals surface area contributed by atoms with Gasteiger partial charge in [0.2, 0.25) is 15.9 Å². The number of nitrogens with one attached hydrogen (secondary N) is 2. The van der Waals surface area contributed by atoms with Crippen molar-refractivity contribution in [1.82, 2.24) is 4.72 Å². The van der Waals surface area contributed by atoms with Crippen LogP contribution >= 0.6 is 12.4 Å². The summed E-state index contributed by atoms with van der Waals surface area (Å²) in [4.78, 5) is 11.3. The highest BCUT2D eigenvalue weighted by Gasteiger charge is 2.24. The monoisotopic (exact) mass is 319 g/mol. The van der Waals surface area contributed by atoms with Crippen molar-refractivity contribution >= 4 is 34.0 Å². The first-order chi connectivity index (χ1) is 9.01. The molecule has 0 radical (unpaired) electrons. The van der Waals surface area contributed by atoms with Crippen molar-refractivity contribution in [2.75, 3.05) is 18.4 Å². The van der Waals surface area contributed by atoms with Gasteiger partial charge in [-0.2, -0.15) is 0 Å². The Morgan fingerprint density at radius 1 is 1.25 bits per heavy atom. The molecule has 0 saturated heterocycles. The summed E-state index contributed by atoms with van der Waals surface area (Å²) in [7, 11) is -3.45. The average molecular weight is 320 g/mol. The molecule has 0 bridgehead atoms. The third-order valence-corrected chi connectivity index (χ3v) is 4.33. The second-order valence-corrected chi connectivity index (χ2v) is 6.34. The van der Waals surface area contributed by atoms with Gasteiger partial charge in [-0.05, 0) is 43.0 Å². The number of amides is 1. The van der Waals surface area contributed by atoms with Crippen LogP contribution in [0.15, 0.2) is 29.2 Å². The largest absolute Gasteiger partial charge is 0.325 e. The molecule has 1 aromatic carbocycles. The van der Waals surface area contributed by atoms with Gasteiger partial charge in [0.25, 0.3) is 0 Å². The predicted octanol–water partition coefficient (Wildman–Crippen LogP) is 0.694. The van der Waals surface area contributed by atoms with E-state index in [1.54, 1.807) is 12.1 Å². The van der Waals surface area contributed by atoms with Crippen molar-refractivity contribution in [2.24, 2.45) is 11.7 Å². The van der Waals surface area contributed by atoms with E-state index in [4.69, 9.17) is 5.73 Å². The summed E-state index contributed by atoms with van der Waals surface area (Å²) >= 11 is 0. The molecule has 8 heteroatoms. The second kappa shape index (κ2) is 7.03. The van der Waals surface area contributed by atoms with Crippen LogP contribution in [-0.4, -0.2) is 27.4 Å². The molecule has 0 unspecified atom stereocenters. The van der Waals surface area contributed by atoms with Gasteiger partial charge >= 0.3 is 0 Å². The summed E-state index contributed by atoms with van der Waals surface area (Å²) in [6.45, 7) is 0.386. The molecule has 1 aromatic rings. The zero-order valence-electron chi connectivity index (χ0n) is 10.8. The van der Waals surface area contributed by atoms with Gasteiger partial charge in [-0.3, -0.25) is 4.79 Å². The van der Waals surface area contributed by atoms with Gasteiger partial charge in [0.15, 0.2) is 0 Å². The molecule has 6 nitrogen and oxygen atoms in total. The van der Waals surface area contributed by atoms with Gasteiger partial charge in [-0.15, -0.1) is 12.4 Å². The zero-order chi connectivity index (χ0) is 13.9. The molecule has 0 aliphatic heterocycles. The molecule has 1 amide bonds. The molecule has 0 heterocycles. The van der Waals surface area contributed by atoms with Crippen molar-refractivity contribution in [3.8, 4) is 0 Å². The van der Waals surface area contributed by atoms with Crippen molar-refractivity contribution in [3.05, 3.63) is 24.3 Å². The molecule has 0 aromatic heterocycles. The van der Waals surface area contributed by atoms with Crippen molar-refractivity contribution in [1.29, 1.82) is 0 Å². The molecule has 0 spiro atoms. The molecule has 0 atom stereocenters. The van der Waals surface area contributed by atoms with E-state index in [2.05, 4.69) is 10.0 Å². The van der Waals surface area contributed by atoms with E-state index < -0.39 is 10.0 Å². The van der Waals surface area contributed by atoms with Gasteiger partial charge in [-0.25, -0.2) is 13.1 Å². The Labute approximate surface area is 124 Å². The normalized spacial score (nSPS) is 14.4. The highest BCUT2D eigenvalue weighted by atomic mass is 35.5. The summed E-state index contributed by atoms with van der Waals surface area (Å²) in [6.07, 6.45) is 2.18. The molecular formula is C12H18ClN3O3S. The number of sulfonamides is 1. The Morgan fingerprint density at radius 2 is 1.85 bits per heavy atom. The summed E-state index contributed by atoms with van der Waals surface area (Å²) < 4.78 is 26.4. The van der Waals surface area contributed by atoms with Crippen LogP contribution in [0.5, 0.6) is 0 Å². The van der Waals surface area contributed by atoms with E-state index in [0.29, 0.717) is 18.2 Å². The smallest absolute Gasteiger partial charge is 0.240 e. The van der Waals surface area contributed by atoms with Crippen LogP contribution in [0.3, 0.4) is 0 Å². The number of nitrogens with two attached hydrogens (primary N) is 1. The predicted molar refractivity (Wildman–Crippen MR) is 79.3 cm³/mol. The van der Waals surface area contributed by atoms with Crippen LogP contribution in [0.4, 0.5) is 5.69 Å². The number of hydrogen-bond donors (Lipinski definition) is 3. The first-order valence-corrected chi connectivity index (χ1v) is 7.59. The Bertz CT molecular complexity index is 556. The zero-order valence-corrected chi connectivity index (χ0v) is 12.5. The lowest BCUT2D eigenvalue weighted by atomic mass is 10.3. The molecule has 1 saturated carbocycles. The number of anilines is 1. The summed E-state index contributed by atoms with van der Waals surface area (Å²) in [5.74, 6) is 0.167. The summed E-state index contributed by atoms with van der Waals surface area (Å²) in [5.41, 5.74) is 5.70. The van der Waals surface area contributed by atoms with Crippen LogP contribution < -0.4 is 15.8 Å². The number of carbonyl (C=O) groups excluding carboxylic acids is 1. The maximum atomic E-state index is 11.9. The van der Waals surface area contributed by atoms with E-state index in [1.807, 2.05) is 0 Å². The van der Waals surface area contributed by atoms with Crippen LogP contribution in [-0.2, 0) is 14.8 Å². The lowest BCUT2D eigenvalue weighted by Gasteiger charge is -2.07. The fourth-order valence-electron chi connectivity index (χ4n) is 1.56.